The van der Waals surface area contributed by atoms with E-state index < -0.39 is 10.8 Å². The van der Waals surface area contributed by atoms with E-state index in [0.717, 1.165) is 0 Å². The van der Waals surface area contributed by atoms with E-state index in [1.165, 1.54) is 10.9 Å². The van der Waals surface area contributed by atoms with Gasteiger partial charge in [0.25, 0.3) is 0 Å². The minimum absolute atomic E-state index is 0.166. The van der Waals surface area contributed by atoms with E-state index in [9.17, 15) is 9.00 Å². The lowest BCUT2D eigenvalue weighted by molar-refractivity contribution is -0.131. The van der Waals surface area contributed by atoms with Crippen molar-refractivity contribution in [2.75, 3.05) is 24.6 Å². The number of hydrogen-bond donors (Lipinski definition) is 0. The molecule has 106 valence electrons. The van der Waals surface area contributed by atoms with E-state index in [4.69, 9.17) is 0 Å². The standard InChI is InChI=1S/C15H18N2O2S/c18-15(17-9-11-20(19)12-10-17)6-8-16-7-5-13-3-1-2-4-14(13)16/h1-5,7H,6,8-12H2. The molecule has 5 heteroatoms. The minimum Gasteiger partial charge on any atom is -0.347 e. The van der Waals surface area contributed by atoms with Crippen molar-refractivity contribution in [1.82, 2.24) is 9.47 Å². The lowest BCUT2D eigenvalue weighted by Crippen LogP contribution is -2.42. The number of carbonyl (C=O) groups excluding carboxylic acids is 1. The Morgan fingerprint density at radius 1 is 1.15 bits per heavy atom. The van der Waals surface area contributed by atoms with Gasteiger partial charge in [0.2, 0.25) is 5.91 Å². The molecule has 0 radical (unpaired) electrons. The van der Waals surface area contributed by atoms with Gasteiger partial charge < -0.3 is 9.47 Å². The van der Waals surface area contributed by atoms with Gasteiger partial charge in [0.1, 0.15) is 0 Å². The third kappa shape index (κ3) is 2.77. The van der Waals surface area contributed by atoms with Crippen LogP contribution >= 0.6 is 0 Å². The molecule has 1 aliphatic rings. The highest BCUT2D eigenvalue weighted by Crippen LogP contribution is 2.15. The highest BCUT2D eigenvalue weighted by atomic mass is 32.2. The van der Waals surface area contributed by atoms with Gasteiger partial charge in [-0.15, -0.1) is 0 Å². The number of hydrogen-bond acceptors (Lipinski definition) is 2. The maximum Gasteiger partial charge on any atom is 0.224 e. The molecule has 2 heterocycles. The molecule has 4 nitrogen and oxygen atoms in total. The fraction of sp³-hybridized carbons (Fsp3) is 0.400. The SMILES string of the molecule is O=C(CCn1ccc2ccccc21)N1CCS(=O)CC1. The number of rotatable bonds is 3. The molecule has 0 aliphatic carbocycles. The average Bonchev–Trinajstić information content (AvgIpc) is 2.89. The van der Waals surface area contributed by atoms with Crippen LogP contribution in [0.4, 0.5) is 0 Å². The van der Waals surface area contributed by atoms with E-state index in [1.54, 1.807) is 0 Å². The summed E-state index contributed by atoms with van der Waals surface area (Å²) in [6.07, 6.45) is 2.54. The molecule has 0 atom stereocenters. The third-order valence-corrected chi connectivity index (χ3v) is 5.05. The van der Waals surface area contributed by atoms with Crippen LogP contribution in [0, 0.1) is 0 Å². The van der Waals surface area contributed by atoms with Crippen LogP contribution in [0.3, 0.4) is 0 Å². The van der Waals surface area contributed by atoms with E-state index in [0.29, 0.717) is 37.6 Å². The highest BCUT2D eigenvalue weighted by molar-refractivity contribution is 7.85. The van der Waals surface area contributed by atoms with Crippen molar-refractivity contribution in [3.05, 3.63) is 36.5 Å². The first-order valence-electron chi connectivity index (χ1n) is 6.91. The third-order valence-electron chi connectivity index (χ3n) is 3.78. The molecular weight excluding hydrogens is 272 g/mol. The number of para-hydroxylation sites is 1. The molecule has 1 aliphatic heterocycles. The molecule has 1 aromatic carbocycles. The van der Waals surface area contributed by atoms with Crippen LogP contribution in [0.5, 0.6) is 0 Å². The molecule has 0 unspecified atom stereocenters. The Hall–Kier alpha value is -1.62. The number of carbonyl (C=O) groups is 1. The smallest absolute Gasteiger partial charge is 0.224 e. The molecule has 2 aromatic rings. The van der Waals surface area contributed by atoms with Gasteiger partial charge in [-0.2, -0.15) is 0 Å². The first-order chi connectivity index (χ1) is 9.74. The van der Waals surface area contributed by atoms with Crippen LogP contribution < -0.4 is 0 Å². The van der Waals surface area contributed by atoms with Crippen molar-refractivity contribution < 1.29 is 9.00 Å². The number of aryl methyl sites for hydroxylation is 1. The molecule has 1 aromatic heterocycles. The molecule has 1 saturated heterocycles. The molecule has 3 rings (SSSR count). The normalized spacial score (nSPS) is 16.7. The maximum absolute atomic E-state index is 12.1. The van der Waals surface area contributed by atoms with Gasteiger partial charge in [-0.05, 0) is 17.5 Å². The lowest BCUT2D eigenvalue weighted by atomic mass is 10.2. The van der Waals surface area contributed by atoms with Crippen molar-refractivity contribution in [2.45, 2.75) is 13.0 Å². The number of fused-ring (bicyclic) bond motifs is 1. The number of nitrogens with zero attached hydrogens (tertiary/aromatic N) is 2. The molecule has 0 saturated carbocycles. The zero-order valence-corrected chi connectivity index (χ0v) is 12.1. The molecular formula is C15H18N2O2S. The Labute approximate surface area is 120 Å². The summed E-state index contributed by atoms with van der Waals surface area (Å²) in [6.45, 7) is 1.97. The van der Waals surface area contributed by atoms with Crippen LogP contribution in [0.25, 0.3) is 10.9 Å². The average molecular weight is 290 g/mol. The van der Waals surface area contributed by atoms with Gasteiger partial charge >= 0.3 is 0 Å². The Balaban J connectivity index is 1.61. The highest BCUT2D eigenvalue weighted by Gasteiger charge is 2.19. The van der Waals surface area contributed by atoms with Crippen molar-refractivity contribution in [3.63, 3.8) is 0 Å². The van der Waals surface area contributed by atoms with Gasteiger partial charge in [-0.1, -0.05) is 18.2 Å². The Bertz CT molecular complexity index is 640. The van der Waals surface area contributed by atoms with Crippen molar-refractivity contribution in [2.24, 2.45) is 0 Å². The molecule has 1 fully saturated rings. The fourth-order valence-corrected chi connectivity index (χ4v) is 3.65. The first kappa shape index (κ1) is 13.4. The molecule has 0 bridgehead atoms. The van der Waals surface area contributed by atoms with E-state index in [-0.39, 0.29) is 5.91 Å². The summed E-state index contributed by atoms with van der Waals surface area (Å²) < 4.78 is 13.4. The maximum atomic E-state index is 12.1. The molecule has 1 amide bonds. The first-order valence-corrected chi connectivity index (χ1v) is 8.39. The summed E-state index contributed by atoms with van der Waals surface area (Å²) >= 11 is 0. The van der Waals surface area contributed by atoms with Gasteiger partial charge in [0, 0.05) is 60.1 Å². The molecule has 0 spiro atoms. The molecule has 0 N–H and O–H groups in total. The second kappa shape index (κ2) is 5.79. The second-order valence-corrected chi connectivity index (χ2v) is 6.74. The van der Waals surface area contributed by atoms with Gasteiger partial charge in [-0.3, -0.25) is 9.00 Å². The zero-order chi connectivity index (χ0) is 13.9. The minimum atomic E-state index is -0.729. The summed E-state index contributed by atoms with van der Waals surface area (Å²) in [5, 5.41) is 1.20. The van der Waals surface area contributed by atoms with Crippen LogP contribution in [0.2, 0.25) is 0 Å². The van der Waals surface area contributed by atoms with E-state index >= 15 is 0 Å². The second-order valence-electron chi connectivity index (χ2n) is 5.05. The fourth-order valence-electron chi connectivity index (χ4n) is 2.60. The van der Waals surface area contributed by atoms with Gasteiger partial charge in [0.05, 0.1) is 0 Å². The van der Waals surface area contributed by atoms with Crippen molar-refractivity contribution in [3.8, 4) is 0 Å². The monoisotopic (exact) mass is 290 g/mol. The topological polar surface area (TPSA) is 42.3 Å². The largest absolute Gasteiger partial charge is 0.347 e. The summed E-state index contributed by atoms with van der Waals surface area (Å²) in [6, 6.07) is 10.3. The lowest BCUT2D eigenvalue weighted by Gasteiger charge is -2.26. The predicted molar refractivity (Wildman–Crippen MR) is 81.0 cm³/mol. The number of benzene rings is 1. The summed E-state index contributed by atoms with van der Waals surface area (Å²) in [7, 11) is -0.729. The van der Waals surface area contributed by atoms with Gasteiger partial charge in [0.15, 0.2) is 0 Å². The van der Waals surface area contributed by atoms with Crippen molar-refractivity contribution >= 4 is 27.6 Å². The Morgan fingerprint density at radius 2 is 1.90 bits per heavy atom. The Morgan fingerprint density at radius 3 is 2.70 bits per heavy atom. The summed E-state index contributed by atoms with van der Waals surface area (Å²) in [4.78, 5) is 14.0. The predicted octanol–water partition coefficient (Wildman–Crippen LogP) is 1.62. The van der Waals surface area contributed by atoms with Crippen molar-refractivity contribution in [1.29, 1.82) is 0 Å². The quantitative estimate of drug-likeness (QED) is 0.862. The van der Waals surface area contributed by atoms with E-state index in [1.807, 2.05) is 23.2 Å². The van der Waals surface area contributed by atoms with Crippen LogP contribution in [-0.4, -0.2) is 44.2 Å². The van der Waals surface area contributed by atoms with Gasteiger partial charge in [-0.25, -0.2) is 0 Å². The van der Waals surface area contributed by atoms with E-state index in [2.05, 4.69) is 22.8 Å². The van der Waals surface area contributed by atoms with Crippen LogP contribution in [-0.2, 0) is 22.1 Å². The Kier molecular flexibility index (Phi) is 3.87. The number of aromatic nitrogens is 1. The summed E-state index contributed by atoms with van der Waals surface area (Å²) in [5.41, 5.74) is 1.17. The number of amides is 1. The zero-order valence-electron chi connectivity index (χ0n) is 11.3. The van der Waals surface area contributed by atoms with Crippen LogP contribution in [0.15, 0.2) is 36.5 Å². The summed E-state index contributed by atoms with van der Waals surface area (Å²) in [5.74, 6) is 1.41. The van der Waals surface area contributed by atoms with Crippen LogP contribution in [0.1, 0.15) is 6.42 Å². The molecule has 20 heavy (non-hydrogen) atoms.